The van der Waals surface area contributed by atoms with E-state index in [4.69, 9.17) is 9.84 Å². The van der Waals surface area contributed by atoms with Crippen molar-refractivity contribution in [3.8, 4) is 0 Å². The Kier molecular flexibility index (Phi) is 6.66. The molecule has 0 saturated carbocycles. The zero-order chi connectivity index (χ0) is 15.0. The van der Waals surface area contributed by atoms with Crippen LogP contribution in [-0.2, 0) is 20.7 Å². The quantitative estimate of drug-likeness (QED) is 0.706. The van der Waals surface area contributed by atoms with Gasteiger partial charge in [-0.25, -0.2) is 9.18 Å². The second kappa shape index (κ2) is 8.27. The van der Waals surface area contributed by atoms with E-state index < -0.39 is 23.7 Å². The highest BCUT2D eigenvalue weighted by Gasteiger charge is 2.19. The van der Waals surface area contributed by atoms with Crippen LogP contribution in [0.1, 0.15) is 18.4 Å². The van der Waals surface area contributed by atoms with E-state index in [-0.39, 0.29) is 12.8 Å². The Morgan fingerprint density at radius 2 is 2.20 bits per heavy atom. The minimum atomic E-state index is -1.09. The van der Waals surface area contributed by atoms with Crippen molar-refractivity contribution in [3.63, 3.8) is 0 Å². The van der Waals surface area contributed by atoms with Gasteiger partial charge in [0.2, 0.25) is 5.91 Å². The first-order valence-corrected chi connectivity index (χ1v) is 6.28. The largest absolute Gasteiger partial charge is 0.480 e. The van der Waals surface area contributed by atoms with Crippen LogP contribution in [0.15, 0.2) is 24.3 Å². The molecule has 0 aliphatic carbocycles. The third-order valence-corrected chi connectivity index (χ3v) is 2.73. The molecule has 110 valence electrons. The van der Waals surface area contributed by atoms with Gasteiger partial charge in [-0.1, -0.05) is 12.1 Å². The second-order valence-corrected chi connectivity index (χ2v) is 4.40. The van der Waals surface area contributed by atoms with Crippen LogP contribution >= 0.6 is 0 Å². The maximum absolute atomic E-state index is 13.0. The monoisotopic (exact) mass is 283 g/mol. The molecule has 1 aromatic rings. The van der Waals surface area contributed by atoms with Crippen molar-refractivity contribution < 1.29 is 23.8 Å². The number of halogens is 1. The fourth-order valence-corrected chi connectivity index (χ4v) is 1.77. The van der Waals surface area contributed by atoms with Gasteiger partial charge >= 0.3 is 5.97 Å². The molecule has 0 heterocycles. The Bertz CT molecular complexity index is 464. The Balaban J connectivity index is 2.51. The summed E-state index contributed by atoms with van der Waals surface area (Å²) in [6.45, 7) is 0.434. The van der Waals surface area contributed by atoms with Gasteiger partial charge in [-0.05, 0) is 30.5 Å². The summed E-state index contributed by atoms with van der Waals surface area (Å²) in [6, 6.07) is 4.70. The van der Waals surface area contributed by atoms with Gasteiger partial charge in [0, 0.05) is 13.7 Å². The van der Waals surface area contributed by atoms with Gasteiger partial charge in [0.15, 0.2) is 0 Å². The Morgan fingerprint density at radius 3 is 2.80 bits per heavy atom. The second-order valence-electron chi connectivity index (χ2n) is 4.40. The molecular formula is C14H18FNO4. The number of carbonyl (C=O) groups is 2. The predicted octanol–water partition coefficient (Wildman–Crippen LogP) is 1.36. The molecule has 0 spiro atoms. The summed E-state index contributed by atoms with van der Waals surface area (Å²) in [5.74, 6) is -1.96. The number of hydrogen-bond acceptors (Lipinski definition) is 3. The van der Waals surface area contributed by atoms with Crippen molar-refractivity contribution in [2.75, 3.05) is 13.7 Å². The summed E-state index contributed by atoms with van der Waals surface area (Å²) in [5.41, 5.74) is 0.503. The molecule has 1 aromatic carbocycles. The van der Waals surface area contributed by atoms with Crippen LogP contribution in [0.4, 0.5) is 4.39 Å². The SMILES string of the molecule is COCCCC(NC(=O)Cc1cccc(F)c1)C(=O)O. The van der Waals surface area contributed by atoms with Crippen molar-refractivity contribution in [1.82, 2.24) is 5.32 Å². The number of carboxylic acid groups (broad SMARTS) is 1. The van der Waals surface area contributed by atoms with E-state index in [0.29, 0.717) is 18.6 Å². The number of rotatable bonds is 8. The van der Waals surface area contributed by atoms with E-state index >= 15 is 0 Å². The standard InChI is InChI=1S/C14H18FNO4/c1-20-7-3-6-12(14(18)19)16-13(17)9-10-4-2-5-11(15)8-10/h2,4-5,8,12H,3,6-7,9H2,1H3,(H,16,17)(H,18,19). The zero-order valence-electron chi connectivity index (χ0n) is 11.3. The lowest BCUT2D eigenvalue weighted by atomic mass is 10.1. The van der Waals surface area contributed by atoms with Gasteiger partial charge in [0.1, 0.15) is 11.9 Å². The summed E-state index contributed by atoms with van der Waals surface area (Å²) >= 11 is 0. The summed E-state index contributed by atoms with van der Waals surface area (Å²) in [4.78, 5) is 22.8. The third-order valence-electron chi connectivity index (χ3n) is 2.73. The molecule has 0 saturated heterocycles. The van der Waals surface area contributed by atoms with Crippen molar-refractivity contribution in [2.45, 2.75) is 25.3 Å². The first-order chi connectivity index (χ1) is 9.52. The fraction of sp³-hybridized carbons (Fsp3) is 0.429. The zero-order valence-corrected chi connectivity index (χ0v) is 11.3. The minimum Gasteiger partial charge on any atom is -0.480 e. The van der Waals surface area contributed by atoms with Crippen LogP contribution in [-0.4, -0.2) is 36.7 Å². The number of nitrogens with one attached hydrogen (secondary N) is 1. The van der Waals surface area contributed by atoms with E-state index in [9.17, 15) is 14.0 Å². The molecule has 0 bridgehead atoms. The molecule has 5 nitrogen and oxygen atoms in total. The van der Waals surface area contributed by atoms with Crippen LogP contribution in [0.25, 0.3) is 0 Å². The molecule has 0 fully saturated rings. The molecule has 1 unspecified atom stereocenters. The van der Waals surface area contributed by atoms with Crippen molar-refractivity contribution in [1.29, 1.82) is 0 Å². The first kappa shape index (κ1) is 16.1. The van der Waals surface area contributed by atoms with E-state index in [0.717, 1.165) is 0 Å². The van der Waals surface area contributed by atoms with Crippen LogP contribution in [0.3, 0.4) is 0 Å². The van der Waals surface area contributed by atoms with Gasteiger partial charge in [-0.15, -0.1) is 0 Å². The molecule has 0 aliphatic heterocycles. The van der Waals surface area contributed by atoms with Crippen molar-refractivity contribution in [2.24, 2.45) is 0 Å². The molecule has 0 aliphatic rings. The Labute approximate surface area is 116 Å². The molecule has 0 radical (unpaired) electrons. The average Bonchev–Trinajstić information content (AvgIpc) is 2.37. The molecule has 20 heavy (non-hydrogen) atoms. The Morgan fingerprint density at radius 1 is 1.45 bits per heavy atom. The van der Waals surface area contributed by atoms with E-state index in [1.807, 2.05) is 0 Å². The summed E-state index contributed by atoms with van der Waals surface area (Å²) in [6.07, 6.45) is 0.775. The van der Waals surface area contributed by atoms with Crippen LogP contribution in [0, 0.1) is 5.82 Å². The topological polar surface area (TPSA) is 75.6 Å². The van der Waals surface area contributed by atoms with Gasteiger partial charge in [-0.2, -0.15) is 0 Å². The fourth-order valence-electron chi connectivity index (χ4n) is 1.77. The van der Waals surface area contributed by atoms with E-state index in [2.05, 4.69) is 5.32 Å². The maximum Gasteiger partial charge on any atom is 0.326 e. The first-order valence-electron chi connectivity index (χ1n) is 6.28. The molecule has 1 rings (SSSR count). The van der Waals surface area contributed by atoms with E-state index in [1.165, 1.54) is 25.3 Å². The highest BCUT2D eigenvalue weighted by atomic mass is 19.1. The van der Waals surface area contributed by atoms with Gasteiger partial charge < -0.3 is 15.2 Å². The minimum absolute atomic E-state index is 0.0498. The number of hydrogen-bond donors (Lipinski definition) is 2. The molecule has 1 atom stereocenters. The van der Waals surface area contributed by atoms with Crippen LogP contribution in [0.2, 0.25) is 0 Å². The molecular weight excluding hydrogens is 265 g/mol. The maximum atomic E-state index is 13.0. The van der Waals surface area contributed by atoms with Crippen LogP contribution in [0.5, 0.6) is 0 Å². The lowest BCUT2D eigenvalue weighted by molar-refractivity contribution is -0.142. The van der Waals surface area contributed by atoms with E-state index in [1.54, 1.807) is 6.07 Å². The molecule has 1 amide bonds. The Hall–Kier alpha value is -1.95. The smallest absolute Gasteiger partial charge is 0.326 e. The number of amides is 1. The number of benzene rings is 1. The normalized spacial score (nSPS) is 11.9. The lowest BCUT2D eigenvalue weighted by Crippen LogP contribution is -2.41. The molecule has 0 aromatic heterocycles. The molecule has 2 N–H and O–H groups in total. The van der Waals surface area contributed by atoms with Crippen LogP contribution < -0.4 is 5.32 Å². The number of carboxylic acids is 1. The van der Waals surface area contributed by atoms with Gasteiger partial charge in [0.05, 0.1) is 6.42 Å². The third kappa shape index (κ3) is 5.79. The average molecular weight is 283 g/mol. The van der Waals surface area contributed by atoms with Crippen molar-refractivity contribution >= 4 is 11.9 Å². The summed E-state index contributed by atoms with van der Waals surface area (Å²) in [5, 5.41) is 11.4. The number of ether oxygens (including phenoxy) is 1. The predicted molar refractivity (Wildman–Crippen MR) is 70.8 cm³/mol. The number of aliphatic carboxylic acids is 1. The number of carbonyl (C=O) groups excluding carboxylic acids is 1. The molecule has 6 heteroatoms. The summed E-state index contributed by atoms with van der Waals surface area (Å²) < 4.78 is 17.8. The highest BCUT2D eigenvalue weighted by molar-refractivity contribution is 5.84. The van der Waals surface area contributed by atoms with Crippen molar-refractivity contribution in [3.05, 3.63) is 35.6 Å². The van der Waals surface area contributed by atoms with Gasteiger partial charge in [0.25, 0.3) is 0 Å². The van der Waals surface area contributed by atoms with Gasteiger partial charge in [-0.3, -0.25) is 4.79 Å². The lowest BCUT2D eigenvalue weighted by Gasteiger charge is -2.14. The highest BCUT2D eigenvalue weighted by Crippen LogP contribution is 2.05. The number of methoxy groups -OCH3 is 1. The summed E-state index contributed by atoms with van der Waals surface area (Å²) in [7, 11) is 1.53.